The number of hydrogen-bond donors (Lipinski definition) is 0. The number of thioether (sulfide) groups is 1. The minimum Gasteiger partial charge on any atom is -0.148 e. The van der Waals surface area contributed by atoms with Crippen LogP contribution in [0.4, 0.5) is 0 Å². The molecule has 0 saturated carbocycles. The van der Waals surface area contributed by atoms with E-state index in [4.69, 9.17) is 0 Å². The van der Waals surface area contributed by atoms with Gasteiger partial charge in [0.05, 0.1) is 0 Å². The van der Waals surface area contributed by atoms with Crippen LogP contribution in [0.25, 0.3) is 0 Å². The molecule has 0 N–H and O–H groups in total. The van der Waals surface area contributed by atoms with Crippen molar-refractivity contribution in [3.8, 4) is 0 Å². The van der Waals surface area contributed by atoms with E-state index in [1.807, 2.05) is 0 Å². The van der Waals surface area contributed by atoms with Crippen LogP contribution in [0.1, 0.15) is 83.1 Å². The highest BCUT2D eigenvalue weighted by molar-refractivity contribution is 8.02. The van der Waals surface area contributed by atoms with Gasteiger partial charge >= 0.3 is 0 Å². The zero-order valence-corrected chi connectivity index (χ0v) is 16.4. The van der Waals surface area contributed by atoms with E-state index in [0.717, 1.165) is 0 Å². The topological polar surface area (TPSA) is 0 Å². The Morgan fingerprint density at radius 2 is 0.737 bits per heavy atom. The average Bonchev–Trinajstić information content (AvgIpc) is 2.14. The molecular weight excluding hydrogens is 248 g/mol. The molecule has 1 heteroatoms. The number of hydrogen-bond acceptors (Lipinski definition) is 1. The Hall–Kier alpha value is 0.350. The van der Waals surface area contributed by atoms with Gasteiger partial charge in [-0.1, -0.05) is 83.1 Å². The molecule has 0 saturated heterocycles. The van der Waals surface area contributed by atoms with Crippen LogP contribution < -0.4 is 0 Å². The molecule has 0 bridgehead atoms. The minimum atomic E-state index is 0.261. The van der Waals surface area contributed by atoms with Gasteiger partial charge in [0, 0.05) is 9.49 Å². The Labute approximate surface area is 127 Å². The van der Waals surface area contributed by atoms with Crippen LogP contribution in [-0.2, 0) is 0 Å². The molecule has 0 radical (unpaired) electrons. The monoisotopic (exact) mass is 286 g/mol. The highest BCUT2D eigenvalue weighted by atomic mass is 32.2. The zero-order chi connectivity index (χ0) is 15.9. The maximum atomic E-state index is 2.43. The van der Waals surface area contributed by atoms with Crippen LogP contribution in [0.2, 0.25) is 0 Å². The molecule has 0 aliphatic heterocycles. The lowest BCUT2D eigenvalue weighted by molar-refractivity contribution is 0.170. The molecule has 0 aromatic rings. The summed E-state index contributed by atoms with van der Waals surface area (Å²) in [7, 11) is 0. The van der Waals surface area contributed by atoms with E-state index < -0.39 is 0 Å². The second kappa shape index (κ2) is 5.62. The second-order valence-electron chi connectivity index (χ2n) is 8.88. The molecule has 0 atom stereocenters. The maximum absolute atomic E-state index is 2.43. The fourth-order valence-corrected chi connectivity index (χ4v) is 4.56. The first kappa shape index (κ1) is 19.4. The van der Waals surface area contributed by atoms with E-state index in [0.29, 0.717) is 22.7 Å². The Balaban J connectivity index is 5.34. The van der Waals surface area contributed by atoms with Crippen molar-refractivity contribution >= 4 is 11.8 Å². The van der Waals surface area contributed by atoms with Gasteiger partial charge in [0.25, 0.3) is 0 Å². The summed E-state index contributed by atoms with van der Waals surface area (Å²) < 4.78 is 0.521. The molecule has 0 unspecified atom stereocenters. The molecule has 116 valence electrons. The van der Waals surface area contributed by atoms with Crippen molar-refractivity contribution in [2.45, 2.75) is 92.6 Å². The third-order valence-corrected chi connectivity index (χ3v) is 8.57. The van der Waals surface area contributed by atoms with Crippen LogP contribution in [0.3, 0.4) is 0 Å². The highest BCUT2D eigenvalue weighted by Crippen LogP contribution is 2.56. The summed E-state index contributed by atoms with van der Waals surface area (Å²) in [6.07, 6.45) is 0. The van der Waals surface area contributed by atoms with Gasteiger partial charge in [-0.05, 0) is 22.7 Å². The summed E-state index contributed by atoms with van der Waals surface area (Å²) in [4.78, 5) is 0. The Bertz CT molecular complexity index is 263. The Morgan fingerprint density at radius 3 is 0.895 bits per heavy atom. The van der Waals surface area contributed by atoms with Crippen molar-refractivity contribution in [2.24, 2.45) is 22.7 Å². The SMILES string of the molecule is CC(C)C(C)(C)C(C)(C)SC(C)(C)C(C)(C)C(C)C. The van der Waals surface area contributed by atoms with E-state index in [-0.39, 0.29) is 9.49 Å². The third-order valence-electron chi connectivity index (χ3n) is 6.50. The van der Waals surface area contributed by atoms with Crippen LogP contribution in [0, 0.1) is 22.7 Å². The first-order valence-electron chi connectivity index (χ1n) is 7.79. The fraction of sp³-hybridized carbons (Fsp3) is 1.00. The predicted octanol–water partition coefficient (Wildman–Crippen LogP) is 6.64. The largest absolute Gasteiger partial charge is 0.148 e. The zero-order valence-electron chi connectivity index (χ0n) is 15.6. The van der Waals surface area contributed by atoms with Gasteiger partial charge in [-0.2, -0.15) is 0 Å². The Morgan fingerprint density at radius 1 is 0.526 bits per heavy atom. The van der Waals surface area contributed by atoms with Crippen molar-refractivity contribution in [2.75, 3.05) is 0 Å². The van der Waals surface area contributed by atoms with Crippen molar-refractivity contribution in [1.82, 2.24) is 0 Å². The van der Waals surface area contributed by atoms with E-state index in [9.17, 15) is 0 Å². The van der Waals surface area contributed by atoms with Crippen LogP contribution in [0.15, 0.2) is 0 Å². The molecule has 0 nitrogen and oxygen atoms in total. The lowest BCUT2D eigenvalue weighted by Crippen LogP contribution is -2.48. The predicted molar refractivity (Wildman–Crippen MR) is 93.0 cm³/mol. The summed E-state index contributed by atoms with van der Waals surface area (Å²) in [5, 5.41) is 0. The summed E-state index contributed by atoms with van der Waals surface area (Å²) in [5.74, 6) is 1.38. The van der Waals surface area contributed by atoms with Crippen LogP contribution in [-0.4, -0.2) is 9.49 Å². The summed E-state index contributed by atoms with van der Waals surface area (Å²) in [6.45, 7) is 28.8. The molecular formula is C18H38S. The smallest absolute Gasteiger partial charge is 0.0162 e. The first-order valence-corrected chi connectivity index (χ1v) is 8.61. The Kier molecular flexibility index (Phi) is 5.72. The summed E-state index contributed by atoms with van der Waals surface area (Å²) in [6, 6.07) is 0. The summed E-state index contributed by atoms with van der Waals surface area (Å²) >= 11 is 2.17. The fourth-order valence-electron chi connectivity index (χ4n) is 2.29. The lowest BCUT2D eigenvalue weighted by Gasteiger charge is -2.53. The highest BCUT2D eigenvalue weighted by Gasteiger charge is 2.48. The average molecular weight is 287 g/mol. The van der Waals surface area contributed by atoms with Crippen LogP contribution in [0.5, 0.6) is 0 Å². The van der Waals surface area contributed by atoms with Gasteiger partial charge in [-0.15, -0.1) is 11.8 Å². The first-order chi connectivity index (χ1) is 8.09. The molecule has 0 fully saturated rings. The standard InChI is InChI=1S/C18H38S/c1-13(2)15(5,6)17(9,10)19-18(11,12)16(7,8)14(3)4/h13-14H,1-12H3. The van der Waals surface area contributed by atoms with Gasteiger partial charge in [0.15, 0.2) is 0 Å². The van der Waals surface area contributed by atoms with Crippen molar-refractivity contribution in [1.29, 1.82) is 0 Å². The van der Waals surface area contributed by atoms with E-state index >= 15 is 0 Å². The van der Waals surface area contributed by atoms with E-state index in [1.165, 1.54) is 0 Å². The molecule has 0 aromatic heterocycles. The normalized spacial score (nSPS) is 15.5. The van der Waals surface area contributed by atoms with E-state index in [2.05, 4.69) is 94.8 Å². The number of rotatable bonds is 6. The van der Waals surface area contributed by atoms with E-state index in [1.54, 1.807) is 0 Å². The lowest BCUT2D eigenvalue weighted by atomic mass is 9.71. The molecule has 0 amide bonds. The van der Waals surface area contributed by atoms with Crippen molar-refractivity contribution < 1.29 is 0 Å². The molecule has 0 heterocycles. The molecule has 0 rings (SSSR count). The molecule has 0 aliphatic rings. The van der Waals surface area contributed by atoms with Gasteiger partial charge in [-0.25, -0.2) is 0 Å². The van der Waals surface area contributed by atoms with Gasteiger partial charge in [0.1, 0.15) is 0 Å². The quantitative estimate of drug-likeness (QED) is 0.527. The van der Waals surface area contributed by atoms with Gasteiger partial charge in [0.2, 0.25) is 0 Å². The third kappa shape index (κ3) is 3.71. The molecule has 0 spiro atoms. The molecule has 0 aliphatic carbocycles. The van der Waals surface area contributed by atoms with Crippen molar-refractivity contribution in [3.63, 3.8) is 0 Å². The maximum Gasteiger partial charge on any atom is 0.0162 e. The van der Waals surface area contributed by atoms with Gasteiger partial charge < -0.3 is 0 Å². The second-order valence-corrected chi connectivity index (χ2v) is 11.1. The van der Waals surface area contributed by atoms with Crippen LogP contribution >= 0.6 is 11.8 Å². The summed E-state index contributed by atoms with van der Waals surface area (Å²) in [5.41, 5.74) is 0.643. The van der Waals surface area contributed by atoms with Gasteiger partial charge in [-0.3, -0.25) is 0 Å². The van der Waals surface area contributed by atoms with Crippen molar-refractivity contribution in [3.05, 3.63) is 0 Å². The molecule has 0 aromatic carbocycles. The molecule has 19 heavy (non-hydrogen) atoms. The minimum absolute atomic E-state index is 0.261.